The van der Waals surface area contributed by atoms with Crippen molar-refractivity contribution in [3.8, 4) is 0 Å². The molecule has 0 saturated carbocycles. The van der Waals surface area contributed by atoms with Crippen LogP contribution in [0.3, 0.4) is 0 Å². The van der Waals surface area contributed by atoms with Crippen molar-refractivity contribution in [2.45, 2.75) is 38.8 Å². The third-order valence-electron chi connectivity index (χ3n) is 3.44. The Morgan fingerprint density at radius 3 is 2.46 bits per heavy atom. The van der Waals surface area contributed by atoms with E-state index in [0.717, 1.165) is 11.8 Å². The van der Waals surface area contributed by atoms with E-state index in [2.05, 4.69) is 5.32 Å². The van der Waals surface area contributed by atoms with E-state index in [1.165, 1.54) is 6.26 Å². The van der Waals surface area contributed by atoms with Crippen LogP contribution in [-0.4, -0.2) is 18.0 Å². The number of rotatable bonds is 6. The first-order chi connectivity index (χ1) is 11.4. The molecule has 0 saturated heterocycles. The van der Waals surface area contributed by atoms with Crippen LogP contribution in [0.15, 0.2) is 53.1 Å². The lowest BCUT2D eigenvalue weighted by Crippen LogP contribution is -2.38. The first-order valence-electron chi connectivity index (χ1n) is 7.91. The SMILES string of the molecule is CC(C)(C)OC(=O)N[C@H](c1ccco1)[C@H](C=O)Cc1ccccc1. The maximum absolute atomic E-state index is 12.1. The lowest BCUT2D eigenvalue weighted by molar-refractivity contribution is -0.112. The maximum atomic E-state index is 12.1. The minimum atomic E-state index is -0.617. The fraction of sp³-hybridized carbons (Fsp3) is 0.368. The zero-order chi connectivity index (χ0) is 17.6. The number of amides is 1. The van der Waals surface area contributed by atoms with Gasteiger partial charge in [-0.3, -0.25) is 0 Å². The van der Waals surface area contributed by atoms with Crippen LogP contribution in [0.1, 0.15) is 38.1 Å². The number of aldehydes is 1. The van der Waals surface area contributed by atoms with Crippen LogP contribution in [0.5, 0.6) is 0 Å². The summed E-state index contributed by atoms with van der Waals surface area (Å²) in [5, 5.41) is 2.76. The molecule has 0 aliphatic carbocycles. The third-order valence-corrected chi connectivity index (χ3v) is 3.44. The average Bonchev–Trinajstić information content (AvgIpc) is 3.04. The Kier molecular flexibility index (Phi) is 5.79. The number of alkyl carbamates (subject to hydrolysis) is 1. The Bertz CT molecular complexity index is 644. The second-order valence-electron chi connectivity index (χ2n) is 6.63. The molecule has 1 amide bonds. The normalized spacial score (nSPS) is 13.8. The molecule has 0 radical (unpaired) electrons. The van der Waals surface area contributed by atoms with Crippen LogP contribution in [0, 0.1) is 5.92 Å². The lowest BCUT2D eigenvalue weighted by Gasteiger charge is -2.25. The fourth-order valence-corrected chi connectivity index (χ4v) is 2.42. The van der Waals surface area contributed by atoms with Crippen molar-refractivity contribution >= 4 is 12.4 Å². The Morgan fingerprint density at radius 2 is 1.92 bits per heavy atom. The van der Waals surface area contributed by atoms with Gasteiger partial charge in [-0.25, -0.2) is 4.79 Å². The highest BCUT2D eigenvalue weighted by Crippen LogP contribution is 2.25. The number of ether oxygens (including phenoxy) is 1. The van der Waals surface area contributed by atoms with E-state index < -0.39 is 23.7 Å². The minimum absolute atomic E-state index is 0.467. The largest absolute Gasteiger partial charge is 0.467 e. The number of benzene rings is 1. The molecule has 2 aromatic rings. The summed E-state index contributed by atoms with van der Waals surface area (Å²) in [5.41, 5.74) is 0.394. The molecule has 5 heteroatoms. The summed E-state index contributed by atoms with van der Waals surface area (Å²) >= 11 is 0. The molecular formula is C19H23NO4. The molecule has 0 unspecified atom stereocenters. The highest BCUT2D eigenvalue weighted by atomic mass is 16.6. The summed E-state index contributed by atoms with van der Waals surface area (Å²) in [6, 6.07) is 12.5. The molecule has 0 spiro atoms. The number of furan rings is 1. The van der Waals surface area contributed by atoms with Crippen molar-refractivity contribution < 1.29 is 18.7 Å². The van der Waals surface area contributed by atoms with Crippen molar-refractivity contribution in [2.75, 3.05) is 0 Å². The topological polar surface area (TPSA) is 68.5 Å². The van der Waals surface area contributed by atoms with Gasteiger partial charge in [0.2, 0.25) is 0 Å². The molecule has 2 rings (SSSR count). The number of carbonyl (C=O) groups is 2. The Balaban J connectivity index is 2.18. The first kappa shape index (κ1) is 17.8. The Hall–Kier alpha value is -2.56. The molecule has 1 N–H and O–H groups in total. The van der Waals surface area contributed by atoms with Gasteiger partial charge in [-0.2, -0.15) is 0 Å². The summed E-state index contributed by atoms with van der Waals surface area (Å²) < 4.78 is 10.7. The second kappa shape index (κ2) is 7.81. The standard InChI is InChI=1S/C19H23NO4/c1-19(2,3)24-18(22)20-17(16-10-7-11-23-16)15(13-21)12-14-8-5-4-6-9-14/h4-11,13,15,17H,12H2,1-3H3,(H,20,22)/t15-,17-/m0/s1. The van der Waals surface area contributed by atoms with E-state index >= 15 is 0 Å². The van der Waals surface area contributed by atoms with E-state index in [0.29, 0.717) is 12.2 Å². The van der Waals surface area contributed by atoms with E-state index in [-0.39, 0.29) is 0 Å². The van der Waals surface area contributed by atoms with E-state index in [1.54, 1.807) is 32.9 Å². The molecule has 0 aliphatic rings. The summed E-state index contributed by atoms with van der Waals surface area (Å²) in [5.74, 6) is 0.0555. The van der Waals surface area contributed by atoms with Gasteiger partial charge in [0.25, 0.3) is 0 Å². The van der Waals surface area contributed by atoms with Gasteiger partial charge in [0.15, 0.2) is 0 Å². The van der Waals surface area contributed by atoms with Crippen molar-refractivity contribution in [3.05, 3.63) is 60.1 Å². The quantitative estimate of drug-likeness (QED) is 0.816. The highest BCUT2D eigenvalue weighted by Gasteiger charge is 2.29. The number of hydrogen-bond acceptors (Lipinski definition) is 4. The molecule has 1 aromatic heterocycles. The molecule has 0 bridgehead atoms. The minimum Gasteiger partial charge on any atom is -0.467 e. The molecule has 1 aromatic carbocycles. The lowest BCUT2D eigenvalue weighted by atomic mass is 9.92. The molecule has 0 aliphatic heterocycles. The van der Waals surface area contributed by atoms with Crippen molar-refractivity contribution in [1.29, 1.82) is 0 Å². The summed E-state index contributed by atoms with van der Waals surface area (Å²) in [7, 11) is 0. The van der Waals surface area contributed by atoms with Gasteiger partial charge in [0.1, 0.15) is 23.7 Å². The van der Waals surface area contributed by atoms with Gasteiger partial charge in [-0.05, 0) is 44.9 Å². The highest BCUT2D eigenvalue weighted by molar-refractivity contribution is 5.69. The molecule has 2 atom stereocenters. The molecule has 24 heavy (non-hydrogen) atoms. The molecular weight excluding hydrogens is 306 g/mol. The van der Waals surface area contributed by atoms with Gasteiger partial charge in [0, 0.05) is 5.92 Å². The predicted molar refractivity (Wildman–Crippen MR) is 90.5 cm³/mol. The van der Waals surface area contributed by atoms with Gasteiger partial charge < -0.3 is 19.3 Å². The van der Waals surface area contributed by atoms with Gasteiger partial charge in [-0.15, -0.1) is 0 Å². The van der Waals surface area contributed by atoms with E-state index in [9.17, 15) is 9.59 Å². The van der Waals surface area contributed by atoms with Crippen LogP contribution < -0.4 is 5.32 Å². The third kappa shape index (κ3) is 5.26. The Labute approximate surface area is 142 Å². The summed E-state index contributed by atoms with van der Waals surface area (Å²) in [6.45, 7) is 5.36. The van der Waals surface area contributed by atoms with Crippen LogP contribution in [0.4, 0.5) is 4.79 Å². The number of carbonyl (C=O) groups excluding carboxylic acids is 2. The monoisotopic (exact) mass is 329 g/mol. The maximum Gasteiger partial charge on any atom is 0.408 e. The van der Waals surface area contributed by atoms with Crippen molar-refractivity contribution in [3.63, 3.8) is 0 Å². The van der Waals surface area contributed by atoms with Gasteiger partial charge >= 0.3 is 6.09 Å². The molecule has 5 nitrogen and oxygen atoms in total. The van der Waals surface area contributed by atoms with Crippen LogP contribution in [-0.2, 0) is 16.0 Å². The van der Waals surface area contributed by atoms with Gasteiger partial charge in [-0.1, -0.05) is 30.3 Å². The number of hydrogen-bond donors (Lipinski definition) is 1. The zero-order valence-electron chi connectivity index (χ0n) is 14.2. The van der Waals surface area contributed by atoms with Crippen LogP contribution >= 0.6 is 0 Å². The Morgan fingerprint density at radius 1 is 1.21 bits per heavy atom. The van der Waals surface area contributed by atoms with Crippen LogP contribution in [0.2, 0.25) is 0 Å². The zero-order valence-corrected chi connectivity index (χ0v) is 14.2. The molecule has 1 heterocycles. The summed E-state index contributed by atoms with van der Waals surface area (Å²) in [4.78, 5) is 23.8. The average molecular weight is 329 g/mol. The van der Waals surface area contributed by atoms with E-state index in [1.807, 2.05) is 30.3 Å². The first-order valence-corrected chi connectivity index (χ1v) is 7.91. The van der Waals surface area contributed by atoms with E-state index in [4.69, 9.17) is 9.15 Å². The molecule has 0 fully saturated rings. The predicted octanol–water partition coefficient (Wildman–Crippen LogP) is 3.90. The van der Waals surface area contributed by atoms with Gasteiger partial charge in [0.05, 0.1) is 6.26 Å². The van der Waals surface area contributed by atoms with Crippen LogP contribution in [0.25, 0.3) is 0 Å². The molecule has 128 valence electrons. The van der Waals surface area contributed by atoms with Crippen molar-refractivity contribution in [2.24, 2.45) is 5.92 Å². The number of nitrogens with one attached hydrogen (secondary N) is 1. The fourth-order valence-electron chi connectivity index (χ4n) is 2.42. The second-order valence-corrected chi connectivity index (χ2v) is 6.63. The summed E-state index contributed by atoms with van der Waals surface area (Å²) in [6.07, 6.45) is 2.27. The van der Waals surface area contributed by atoms with Crippen molar-refractivity contribution in [1.82, 2.24) is 5.32 Å². The smallest absolute Gasteiger partial charge is 0.408 e.